The van der Waals surface area contributed by atoms with Crippen molar-refractivity contribution in [2.75, 3.05) is 56.9 Å². The average Bonchev–Trinajstić information content (AvgIpc) is 2.38. The molecule has 112 valence electrons. The van der Waals surface area contributed by atoms with E-state index in [1.807, 2.05) is 14.1 Å². The lowest BCUT2D eigenvalue weighted by Gasteiger charge is -2.12. The third-order valence-electron chi connectivity index (χ3n) is 2.30. The van der Waals surface area contributed by atoms with E-state index in [9.17, 15) is 4.79 Å². The Bertz CT molecular complexity index is 439. The van der Waals surface area contributed by atoms with E-state index >= 15 is 0 Å². The summed E-state index contributed by atoms with van der Waals surface area (Å²) in [4.78, 5) is 25.3. The van der Waals surface area contributed by atoms with Crippen LogP contribution in [-0.2, 0) is 9.53 Å². The Hall–Kier alpha value is -2.16. The van der Waals surface area contributed by atoms with Crippen molar-refractivity contribution >= 4 is 23.8 Å². The number of nitrogen functional groups attached to an aromatic ring is 1. The van der Waals surface area contributed by atoms with Gasteiger partial charge in [-0.15, -0.1) is 0 Å². The number of ether oxygens (including phenoxy) is 1. The van der Waals surface area contributed by atoms with E-state index in [4.69, 9.17) is 10.5 Å². The van der Waals surface area contributed by atoms with Gasteiger partial charge < -0.3 is 26.0 Å². The van der Waals surface area contributed by atoms with Gasteiger partial charge in [-0.25, -0.2) is 0 Å². The SMILES string of the molecule is COCCNC(=O)CCNc1nc(N)nc(N(C)C)n1. The average molecular weight is 283 g/mol. The third kappa shape index (κ3) is 5.65. The molecule has 0 aromatic carbocycles. The normalized spacial score (nSPS) is 10.2. The first-order chi connectivity index (χ1) is 9.52. The van der Waals surface area contributed by atoms with Gasteiger partial charge in [0.25, 0.3) is 0 Å². The zero-order valence-electron chi connectivity index (χ0n) is 12.0. The molecule has 0 saturated carbocycles. The topological polar surface area (TPSA) is 118 Å². The van der Waals surface area contributed by atoms with E-state index in [-0.39, 0.29) is 11.9 Å². The van der Waals surface area contributed by atoms with Gasteiger partial charge in [-0.05, 0) is 0 Å². The summed E-state index contributed by atoms with van der Waals surface area (Å²) >= 11 is 0. The second kappa shape index (κ2) is 8.10. The fourth-order valence-electron chi connectivity index (χ4n) is 1.33. The van der Waals surface area contributed by atoms with Gasteiger partial charge in [-0.2, -0.15) is 15.0 Å². The molecule has 0 bridgehead atoms. The predicted molar refractivity (Wildman–Crippen MR) is 76.6 cm³/mol. The highest BCUT2D eigenvalue weighted by molar-refractivity contribution is 5.76. The molecule has 1 aromatic heterocycles. The Morgan fingerprint density at radius 3 is 2.70 bits per heavy atom. The summed E-state index contributed by atoms with van der Waals surface area (Å²) in [5, 5.41) is 5.66. The van der Waals surface area contributed by atoms with Gasteiger partial charge in [-0.1, -0.05) is 0 Å². The Labute approximate surface area is 117 Å². The number of amides is 1. The molecule has 0 unspecified atom stereocenters. The van der Waals surface area contributed by atoms with Crippen molar-refractivity contribution in [3.8, 4) is 0 Å². The van der Waals surface area contributed by atoms with Crippen LogP contribution in [0.4, 0.5) is 17.8 Å². The van der Waals surface area contributed by atoms with Crippen molar-refractivity contribution in [3.63, 3.8) is 0 Å². The first-order valence-electron chi connectivity index (χ1n) is 6.21. The van der Waals surface area contributed by atoms with Crippen molar-refractivity contribution in [2.24, 2.45) is 0 Å². The number of nitrogens with one attached hydrogen (secondary N) is 2. The third-order valence-corrected chi connectivity index (χ3v) is 2.30. The summed E-state index contributed by atoms with van der Waals surface area (Å²) in [6, 6.07) is 0. The number of nitrogens with zero attached hydrogens (tertiary/aromatic N) is 4. The lowest BCUT2D eigenvalue weighted by Crippen LogP contribution is -2.28. The molecule has 20 heavy (non-hydrogen) atoms. The lowest BCUT2D eigenvalue weighted by atomic mass is 10.4. The first-order valence-corrected chi connectivity index (χ1v) is 6.21. The maximum Gasteiger partial charge on any atom is 0.231 e. The van der Waals surface area contributed by atoms with Gasteiger partial charge in [0.2, 0.25) is 23.8 Å². The number of rotatable bonds is 8. The van der Waals surface area contributed by atoms with Gasteiger partial charge >= 0.3 is 0 Å². The van der Waals surface area contributed by atoms with Gasteiger partial charge in [0.05, 0.1) is 6.61 Å². The second-order valence-corrected chi connectivity index (χ2v) is 4.23. The maximum absolute atomic E-state index is 11.5. The quantitative estimate of drug-likeness (QED) is 0.524. The number of nitrogens with two attached hydrogens (primary N) is 1. The van der Waals surface area contributed by atoms with E-state index in [1.54, 1.807) is 12.0 Å². The van der Waals surface area contributed by atoms with Crippen LogP contribution in [0.25, 0.3) is 0 Å². The summed E-state index contributed by atoms with van der Waals surface area (Å²) < 4.78 is 4.84. The summed E-state index contributed by atoms with van der Waals surface area (Å²) in [5.74, 6) is 0.885. The summed E-state index contributed by atoms with van der Waals surface area (Å²) in [6.07, 6.45) is 0.312. The molecule has 1 amide bonds. The van der Waals surface area contributed by atoms with Gasteiger partial charge in [0, 0.05) is 40.7 Å². The highest BCUT2D eigenvalue weighted by Gasteiger charge is 2.06. The van der Waals surface area contributed by atoms with E-state index in [2.05, 4.69) is 25.6 Å². The molecule has 0 atom stereocenters. The number of methoxy groups -OCH3 is 1. The minimum absolute atomic E-state index is 0.0654. The van der Waals surface area contributed by atoms with Crippen LogP contribution in [0.2, 0.25) is 0 Å². The largest absolute Gasteiger partial charge is 0.383 e. The van der Waals surface area contributed by atoms with E-state index < -0.39 is 0 Å². The highest BCUT2D eigenvalue weighted by atomic mass is 16.5. The maximum atomic E-state index is 11.5. The van der Waals surface area contributed by atoms with Gasteiger partial charge in [0.1, 0.15) is 0 Å². The van der Waals surface area contributed by atoms with Crippen LogP contribution in [-0.4, -0.2) is 61.8 Å². The number of hydrogen-bond donors (Lipinski definition) is 3. The summed E-state index contributed by atoms with van der Waals surface area (Å²) in [5.41, 5.74) is 5.59. The molecule has 9 nitrogen and oxygen atoms in total. The number of carbonyl (C=O) groups is 1. The number of aromatic nitrogens is 3. The standard InChI is InChI=1S/C11H21N7O2/c1-18(2)11-16-9(12)15-10(17-11)14-5-4-8(19)13-6-7-20-3/h4-7H2,1-3H3,(H,13,19)(H3,12,14,15,16,17). The zero-order valence-corrected chi connectivity index (χ0v) is 12.0. The molecule has 0 radical (unpaired) electrons. The molecule has 0 spiro atoms. The van der Waals surface area contributed by atoms with Crippen molar-refractivity contribution in [1.29, 1.82) is 0 Å². The van der Waals surface area contributed by atoms with Crippen LogP contribution < -0.4 is 21.3 Å². The fraction of sp³-hybridized carbons (Fsp3) is 0.636. The van der Waals surface area contributed by atoms with Crippen molar-refractivity contribution < 1.29 is 9.53 Å². The molecule has 0 fully saturated rings. The van der Waals surface area contributed by atoms with Crippen LogP contribution in [0.3, 0.4) is 0 Å². The molecule has 0 saturated heterocycles. The molecular formula is C11H21N7O2. The van der Waals surface area contributed by atoms with Crippen LogP contribution in [0.15, 0.2) is 0 Å². The van der Waals surface area contributed by atoms with Crippen molar-refractivity contribution in [3.05, 3.63) is 0 Å². The Morgan fingerprint density at radius 1 is 1.30 bits per heavy atom. The van der Waals surface area contributed by atoms with Crippen LogP contribution in [0, 0.1) is 0 Å². The zero-order chi connectivity index (χ0) is 15.0. The smallest absolute Gasteiger partial charge is 0.231 e. The Kier molecular flexibility index (Phi) is 6.44. The van der Waals surface area contributed by atoms with Crippen LogP contribution >= 0.6 is 0 Å². The number of carbonyl (C=O) groups excluding carboxylic acids is 1. The first kappa shape index (κ1) is 15.9. The molecular weight excluding hydrogens is 262 g/mol. The molecule has 0 aliphatic rings. The van der Waals surface area contributed by atoms with Crippen LogP contribution in [0.1, 0.15) is 6.42 Å². The monoisotopic (exact) mass is 283 g/mol. The molecule has 9 heteroatoms. The molecule has 1 rings (SSSR count). The number of anilines is 3. The van der Waals surface area contributed by atoms with E-state index in [0.717, 1.165) is 0 Å². The lowest BCUT2D eigenvalue weighted by molar-refractivity contribution is -0.121. The predicted octanol–water partition coefficient (Wildman–Crippen LogP) is -0.916. The second-order valence-electron chi connectivity index (χ2n) is 4.23. The van der Waals surface area contributed by atoms with Crippen LogP contribution in [0.5, 0.6) is 0 Å². The van der Waals surface area contributed by atoms with Crippen molar-refractivity contribution in [1.82, 2.24) is 20.3 Å². The van der Waals surface area contributed by atoms with Crippen molar-refractivity contribution in [2.45, 2.75) is 6.42 Å². The summed E-state index contributed by atoms with van der Waals surface area (Å²) in [6.45, 7) is 1.41. The molecule has 1 aromatic rings. The Morgan fingerprint density at radius 2 is 2.05 bits per heavy atom. The van der Waals surface area contributed by atoms with Gasteiger partial charge in [-0.3, -0.25) is 4.79 Å². The summed E-state index contributed by atoms with van der Waals surface area (Å²) in [7, 11) is 5.20. The molecule has 0 aliphatic heterocycles. The van der Waals surface area contributed by atoms with Gasteiger partial charge in [0.15, 0.2) is 0 Å². The molecule has 4 N–H and O–H groups in total. The minimum Gasteiger partial charge on any atom is -0.383 e. The van der Waals surface area contributed by atoms with E-state index in [0.29, 0.717) is 38.0 Å². The molecule has 1 heterocycles. The minimum atomic E-state index is -0.0654. The van der Waals surface area contributed by atoms with E-state index in [1.165, 1.54) is 0 Å². The fourth-order valence-corrected chi connectivity index (χ4v) is 1.33. The highest BCUT2D eigenvalue weighted by Crippen LogP contribution is 2.08. The number of hydrogen-bond acceptors (Lipinski definition) is 8. The Balaban J connectivity index is 2.40. The molecule has 0 aliphatic carbocycles.